The quantitative estimate of drug-likeness (QED) is 0.332. The molecule has 30 heavy (non-hydrogen) atoms. The molecule has 1 amide bonds. The molecule has 9 heteroatoms. The van der Waals surface area contributed by atoms with Gasteiger partial charge in [-0.1, -0.05) is 48.2 Å². The summed E-state index contributed by atoms with van der Waals surface area (Å²) in [6, 6.07) is 14.8. The maximum Gasteiger partial charge on any atom is 0.274 e. The summed E-state index contributed by atoms with van der Waals surface area (Å²) in [6.45, 7) is 2.32. The molecule has 0 spiro atoms. The van der Waals surface area contributed by atoms with Gasteiger partial charge in [-0.15, -0.1) is 10.2 Å². The first kappa shape index (κ1) is 20.1. The SMILES string of the molecule is Cc1ccc(NC(=O)CSc2nnc(C3CC3)n2Cc2ccccc2)cc1[N+](=O)[O-]. The van der Waals surface area contributed by atoms with E-state index in [2.05, 4.69) is 32.2 Å². The van der Waals surface area contributed by atoms with E-state index >= 15 is 0 Å². The molecular formula is C21H21N5O3S. The Hall–Kier alpha value is -3.20. The molecular weight excluding hydrogens is 402 g/mol. The van der Waals surface area contributed by atoms with Gasteiger partial charge in [0.2, 0.25) is 5.91 Å². The Morgan fingerprint density at radius 1 is 1.23 bits per heavy atom. The van der Waals surface area contributed by atoms with E-state index in [-0.39, 0.29) is 17.3 Å². The van der Waals surface area contributed by atoms with Crippen LogP contribution in [0.4, 0.5) is 11.4 Å². The lowest BCUT2D eigenvalue weighted by molar-refractivity contribution is -0.385. The second kappa shape index (κ2) is 8.66. The third-order valence-electron chi connectivity index (χ3n) is 4.89. The molecule has 8 nitrogen and oxygen atoms in total. The first-order chi connectivity index (χ1) is 14.5. The van der Waals surface area contributed by atoms with Crippen LogP contribution in [-0.2, 0) is 11.3 Å². The van der Waals surface area contributed by atoms with Crippen LogP contribution >= 0.6 is 11.8 Å². The Morgan fingerprint density at radius 2 is 2.00 bits per heavy atom. The molecule has 1 N–H and O–H groups in total. The number of anilines is 1. The van der Waals surface area contributed by atoms with Crippen molar-refractivity contribution in [1.29, 1.82) is 0 Å². The number of aromatic nitrogens is 3. The van der Waals surface area contributed by atoms with Gasteiger partial charge < -0.3 is 9.88 Å². The lowest BCUT2D eigenvalue weighted by atomic mass is 10.2. The largest absolute Gasteiger partial charge is 0.325 e. The highest BCUT2D eigenvalue weighted by Gasteiger charge is 2.30. The highest BCUT2D eigenvalue weighted by molar-refractivity contribution is 7.99. The van der Waals surface area contributed by atoms with Crippen molar-refractivity contribution in [2.24, 2.45) is 0 Å². The summed E-state index contributed by atoms with van der Waals surface area (Å²) in [4.78, 5) is 23.1. The smallest absolute Gasteiger partial charge is 0.274 e. The fourth-order valence-electron chi connectivity index (χ4n) is 3.18. The standard InChI is InChI=1S/C21H21N5O3S/c1-14-7-10-17(11-18(14)26(28)29)22-19(27)13-30-21-24-23-20(16-8-9-16)25(21)12-15-5-3-2-4-6-15/h2-7,10-11,16H,8-9,12-13H2,1H3,(H,22,27). The minimum Gasteiger partial charge on any atom is -0.325 e. The maximum absolute atomic E-state index is 12.4. The topological polar surface area (TPSA) is 103 Å². The number of carbonyl (C=O) groups is 1. The summed E-state index contributed by atoms with van der Waals surface area (Å²) < 4.78 is 2.08. The monoisotopic (exact) mass is 423 g/mol. The summed E-state index contributed by atoms with van der Waals surface area (Å²) >= 11 is 1.32. The van der Waals surface area contributed by atoms with Crippen molar-refractivity contribution in [1.82, 2.24) is 14.8 Å². The highest BCUT2D eigenvalue weighted by atomic mass is 32.2. The predicted molar refractivity (Wildman–Crippen MR) is 115 cm³/mol. The molecule has 0 bridgehead atoms. The Morgan fingerprint density at radius 3 is 2.70 bits per heavy atom. The van der Waals surface area contributed by atoms with Gasteiger partial charge in [0.15, 0.2) is 5.16 Å². The van der Waals surface area contributed by atoms with Crippen molar-refractivity contribution in [2.75, 3.05) is 11.1 Å². The van der Waals surface area contributed by atoms with Crippen LogP contribution in [0.2, 0.25) is 0 Å². The Bertz CT molecular complexity index is 1080. The summed E-state index contributed by atoms with van der Waals surface area (Å²) in [7, 11) is 0. The van der Waals surface area contributed by atoms with E-state index in [1.807, 2.05) is 18.2 Å². The number of hydrogen-bond donors (Lipinski definition) is 1. The molecule has 0 saturated heterocycles. The summed E-state index contributed by atoms with van der Waals surface area (Å²) in [5, 5.41) is 23.2. The molecule has 1 aliphatic rings. The first-order valence-electron chi connectivity index (χ1n) is 9.66. The fraction of sp³-hybridized carbons (Fsp3) is 0.286. The van der Waals surface area contributed by atoms with Crippen LogP contribution in [0.3, 0.4) is 0 Å². The van der Waals surface area contributed by atoms with Gasteiger partial charge in [0.1, 0.15) is 5.82 Å². The molecule has 1 aromatic heterocycles. The van der Waals surface area contributed by atoms with Gasteiger partial charge in [-0.3, -0.25) is 14.9 Å². The number of nitrogens with zero attached hydrogens (tertiary/aromatic N) is 4. The zero-order valence-corrected chi connectivity index (χ0v) is 17.3. The minimum atomic E-state index is -0.453. The van der Waals surface area contributed by atoms with Gasteiger partial charge in [-0.2, -0.15) is 0 Å². The second-order valence-corrected chi connectivity index (χ2v) is 8.22. The molecule has 3 aromatic rings. The van der Waals surface area contributed by atoms with Crippen LogP contribution in [0.25, 0.3) is 0 Å². The van der Waals surface area contributed by atoms with E-state index in [9.17, 15) is 14.9 Å². The van der Waals surface area contributed by atoms with Crippen LogP contribution in [0.1, 0.15) is 35.7 Å². The summed E-state index contributed by atoms with van der Waals surface area (Å²) in [5.74, 6) is 1.30. The Balaban J connectivity index is 1.44. The van der Waals surface area contributed by atoms with Gasteiger partial charge in [0, 0.05) is 23.2 Å². The predicted octanol–water partition coefficient (Wildman–Crippen LogP) is 4.15. The van der Waals surface area contributed by atoms with E-state index in [1.165, 1.54) is 17.8 Å². The Kier molecular flexibility index (Phi) is 5.80. The molecule has 1 fully saturated rings. The molecule has 1 aliphatic carbocycles. The molecule has 154 valence electrons. The number of nitro benzene ring substituents is 1. The van der Waals surface area contributed by atoms with Gasteiger partial charge in [-0.25, -0.2) is 0 Å². The lowest BCUT2D eigenvalue weighted by Crippen LogP contribution is -2.15. The molecule has 2 aromatic carbocycles. The van der Waals surface area contributed by atoms with Crippen LogP contribution in [0.15, 0.2) is 53.7 Å². The van der Waals surface area contributed by atoms with Crippen molar-refractivity contribution >= 4 is 29.0 Å². The number of benzene rings is 2. The second-order valence-electron chi connectivity index (χ2n) is 7.28. The number of aryl methyl sites for hydroxylation is 1. The van der Waals surface area contributed by atoms with Crippen LogP contribution in [0.5, 0.6) is 0 Å². The number of hydrogen-bond acceptors (Lipinski definition) is 6. The molecule has 0 radical (unpaired) electrons. The molecule has 1 heterocycles. The van der Waals surface area contributed by atoms with Crippen LogP contribution < -0.4 is 5.32 Å². The summed E-state index contributed by atoms with van der Waals surface area (Å²) in [5.41, 5.74) is 2.09. The lowest BCUT2D eigenvalue weighted by Gasteiger charge is -2.10. The average molecular weight is 423 g/mol. The molecule has 1 saturated carbocycles. The minimum absolute atomic E-state index is 0.0165. The van der Waals surface area contributed by atoms with Crippen molar-refractivity contribution in [3.05, 3.63) is 75.6 Å². The normalized spacial score (nSPS) is 13.2. The van der Waals surface area contributed by atoms with E-state index in [4.69, 9.17) is 0 Å². The van der Waals surface area contributed by atoms with Crippen molar-refractivity contribution in [2.45, 2.75) is 37.4 Å². The van der Waals surface area contributed by atoms with Crippen LogP contribution in [-0.4, -0.2) is 31.3 Å². The summed E-state index contributed by atoms with van der Waals surface area (Å²) in [6.07, 6.45) is 2.23. The fourth-order valence-corrected chi connectivity index (χ4v) is 3.92. The average Bonchev–Trinajstić information content (AvgIpc) is 3.50. The number of thioether (sulfide) groups is 1. The van der Waals surface area contributed by atoms with Gasteiger partial charge in [0.25, 0.3) is 5.69 Å². The van der Waals surface area contributed by atoms with Gasteiger partial charge in [0.05, 0.1) is 17.2 Å². The van der Waals surface area contributed by atoms with Crippen LogP contribution in [0, 0.1) is 17.0 Å². The third kappa shape index (κ3) is 4.68. The molecule has 0 aliphatic heterocycles. The zero-order valence-electron chi connectivity index (χ0n) is 16.4. The number of nitrogens with one attached hydrogen (secondary N) is 1. The molecule has 4 rings (SSSR count). The molecule has 0 atom stereocenters. The number of nitro groups is 1. The van der Waals surface area contributed by atoms with Crippen molar-refractivity contribution in [3.63, 3.8) is 0 Å². The zero-order chi connectivity index (χ0) is 21.1. The van der Waals surface area contributed by atoms with E-state index in [1.54, 1.807) is 19.1 Å². The van der Waals surface area contributed by atoms with E-state index in [0.717, 1.165) is 24.2 Å². The number of carbonyl (C=O) groups excluding carboxylic acids is 1. The van der Waals surface area contributed by atoms with Gasteiger partial charge in [-0.05, 0) is 31.4 Å². The first-order valence-corrected chi connectivity index (χ1v) is 10.6. The highest BCUT2D eigenvalue weighted by Crippen LogP contribution is 2.40. The Labute approximate surface area is 177 Å². The van der Waals surface area contributed by atoms with Gasteiger partial charge >= 0.3 is 0 Å². The molecule has 0 unspecified atom stereocenters. The van der Waals surface area contributed by atoms with Crippen molar-refractivity contribution in [3.8, 4) is 0 Å². The third-order valence-corrected chi connectivity index (χ3v) is 5.86. The maximum atomic E-state index is 12.4. The van der Waals surface area contributed by atoms with E-state index < -0.39 is 4.92 Å². The number of rotatable bonds is 8. The van der Waals surface area contributed by atoms with E-state index in [0.29, 0.717) is 28.9 Å². The number of amides is 1. The van der Waals surface area contributed by atoms with Crippen molar-refractivity contribution < 1.29 is 9.72 Å².